The molecule has 0 bridgehead atoms. The second-order valence-electron chi connectivity index (χ2n) is 12.8. The zero-order valence-electron chi connectivity index (χ0n) is 26.4. The second-order valence-corrected chi connectivity index (χ2v) is 12.8. The number of ether oxygens (including phenoxy) is 1. The van der Waals surface area contributed by atoms with Crippen molar-refractivity contribution in [2.75, 3.05) is 27.2 Å². The summed E-state index contributed by atoms with van der Waals surface area (Å²) >= 11 is 0. The van der Waals surface area contributed by atoms with Crippen LogP contribution in [-0.2, 0) is 9.53 Å². The third-order valence-electron chi connectivity index (χ3n) is 8.76. The van der Waals surface area contributed by atoms with E-state index >= 15 is 0 Å². The van der Waals surface area contributed by atoms with E-state index in [2.05, 4.69) is 19.0 Å². The van der Waals surface area contributed by atoms with Crippen LogP contribution in [0.1, 0.15) is 180 Å². The molecular weight excluding hydrogens is 466 g/mol. The van der Waals surface area contributed by atoms with Crippen molar-refractivity contribution < 1.29 is 9.53 Å². The predicted octanol–water partition coefficient (Wildman–Crippen LogP) is 10.9. The van der Waals surface area contributed by atoms with Gasteiger partial charge in [0.2, 0.25) is 0 Å². The number of rotatable bonds is 30. The maximum atomic E-state index is 11.3. The van der Waals surface area contributed by atoms with Crippen LogP contribution in [-0.4, -0.2) is 38.1 Å². The average molecular weight is 536 g/mol. The molecule has 0 heterocycles. The number of esters is 1. The van der Waals surface area contributed by atoms with Gasteiger partial charge in [0.15, 0.2) is 0 Å². The van der Waals surface area contributed by atoms with E-state index in [-0.39, 0.29) is 5.97 Å². The van der Waals surface area contributed by atoms with Crippen LogP contribution < -0.4 is 0 Å². The fraction of sp³-hybridized carbons (Fsp3) is 0.971. The average Bonchev–Trinajstić information content (AvgIpc) is 3.64. The van der Waals surface area contributed by atoms with Gasteiger partial charge in [0.05, 0.1) is 6.61 Å². The van der Waals surface area contributed by atoms with Crippen LogP contribution in [0.15, 0.2) is 0 Å². The van der Waals surface area contributed by atoms with Crippen LogP contribution in [0.5, 0.6) is 0 Å². The Labute approximate surface area is 239 Å². The monoisotopic (exact) mass is 536 g/mol. The van der Waals surface area contributed by atoms with Gasteiger partial charge in [-0.05, 0) is 58.7 Å². The first kappa shape index (κ1) is 35.5. The van der Waals surface area contributed by atoms with Crippen LogP contribution in [0.3, 0.4) is 0 Å². The van der Waals surface area contributed by atoms with E-state index in [0.717, 1.165) is 18.3 Å². The highest BCUT2D eigenvalue weighted by Gasteiger charge is 2.34. The molecule has 226 valence electrons. The van der Waals surface area contributed by atoms with Crippen molar-refractivity contribution in [2.24, 2.45) is 11.8 Å². The lowest BCUT2D eigenvalue weighted by Crippen LogP contribution is -2.12. The van der Waals surface area contributed by atoms with Gasteiger partial charge in [0.25, 0.3) is 0 Å². The smallest absolute Gasteiger partial charge is 0.305 e. The summed E-state index contributed by atoms with van der Waals surface area (Å²) in [5, 5.41) is 0. The molecule has 1 saturated carbocycles. The Morgan fingerprint density at radius 3 is 1.26 bits per heavy atom. The predicted molar refractivity (Wildman–Crippen MR) is 167 cm³/mol. The largest absolute Gasteiger partial charge is 0.466 e. The molecule has 0 N–H and O–H groups in total. The van der Waals surface area contributed by atoms with Gasteiger partial charge in [0, 0.05) is 6.42 Å². The van der Waals surface area contributed by atoms with Crippen LogP contribution in [0.4, 0.5) is 0 Å². The van der Waals surface area contributed by atoms with E-state index in [1.165, 1.54) is 167 Å². The van der Waals surface area contributed by atoms with Crippen molar-refractivity contribution >= 4 is 5.97 Å². The molecule has 1 aliphatic carbocycles. The van der Waals surface area contributed by atoms with Crippen molar-refractivity contribution in [2.45, 2.75) is 180 Å². The minimum atomic E-state index is -0.0209. The van der Waals surface area contributed by atoms with Gasteiger partial charge in [-0.1, -0.05) is 148 Å². The molecule has 0 spiro atoms. The zero-order valence-corrected chi connectivity index (χ0v) is 26.4. The molecule has 2 unspecified atom stereocenters. The molecule has 0 aromatic heterocycles. The molecule has 0 saturated heterocycles. The summed E-state index contributed by atoms with van der Waals surface area (Å²) in [4.78, 5) is 13.6. The molecule has 3 heteroatoms. The van der Waals surface area contributed by atoms with Crippen LogP contribution in [0, 0.1) is 11.8 Å². The Balaban J connectivity index is 1.68. The Morgan fingerprint density at radius 2 is 0.895 bits per heavy atom. The molecule has 1 rings (SSSR count). The lowest BCUT2D eigenvalue weighted by atomic mass is 10.0. The highest BCUT2D eigenvalue weighted by atomic mass is 16.5. The lowest BCUT2D eigenvalue weighted by molar-refractivity contribution is -0.143. The van der Waals surface area contributed by atoms with Crippen LogP contribution in [0.25, 0.3) is 0 Å². The Kier molecular flexibility index (Phi) is 24.9. The second kappa shape index (κ2) is 26.6. The van der Waals surface area contributed by atoms with E-state index in [1.807, 2.05) is 6.92 Å². The summed E-state index contributed by atoms with van der Waals surface area (Å²) in [6.45, 7) is 3.65. The molecule has 0 aromatic carbocycles. The Bertz CT molecular complexity index is 506. The molecule has 38 heavy (non-hydrogen) atoms. The maximum absolute atomic E-state index is 11.3. The van der Waals surface area contributed by atoms with Gasteiger partial charge in [-0.25, -0.2) is 0 Å². The standard InChI is InChI=1S/C35H69NO2/c1-4-38-35(37)30-26-22-19-21-25-29-34-32-33(34)28-24-20-17-15-13-11-9-7-5-6-8-10-12-14-16-18-23-27-31-36(2)3/h33-34H,4-32H2,1-3H3. The van der Waals surface area contributed by atoms with E-state index in [0.29, 0.717) is 13.0 Å². The number of unbranched alkanes of at least 4 members (excludes halogenated alkanes) is 21. The third-order valence-corrected chi connectivity index (χ3v) is 8.76. The minimum absolute atomic E-state index is 0.0209. The van der Waals surface area contributed by atoms with Crippen LogP contribution >= 0.6 is 0 Å². The Morgan fingerprint density at radius 1 is 0.553 bits per heavy atom. The fourth-order valence-corrected chi connectivity index (χ4v) is 6.12. The summed E-state index contributed by atoms with van der Waals surface area (Å²) in [5.41, 5.74) is 0. The summed E-state index contributed by atoms with van der Waals surface area (Å²) in [6, 6.07) is 0. The van der Waals surface area contributed by atoms with Crippen molar-refractivity contribution in [3.8, 4) is 0 Å². The summed E-state index contributed by atoms with van der Waals surface area (Å²) < 4.78 is 4.99. The zero-order chi connectivity index (χ0) is 27.5. The number of nitrogens with zero attached hydrogens (tertiary/aromatic N) is 1. The molecule has 2 atom stereocenters. The number of carbonyl (C=O) groups is 1. The third kappa shape index (κ3) is 24.5. The van der Waals surface area contributed by atoms with Crippen molar-refractivity contribution in [3.63, 3.8) is 0 Å². The van der Waals surface area contributed by atoms with Crippen molar-refractivity contribution in [3.05, 3.63) is 0 Å². The Hall–Kier alpha value is -0.570. The normalized spacial score (nSPS) is 16.8. The van der Waals surface area contributed by atoms with E-state index < -0.39 is 0 Å². The highest BCUT2D eigenvalue weighted by Crippen LogP contribution is 2.45. The number of hydrogen-bond acceptors (Lipinski definition) is 3. The summed E-state index contributed by atoms with van der Waals surface area (Å²) in [7, 11) is 4.36. The number of carbonyl (C=O) groups excluding carboxylic acids is 1. The minimum Gasteiger partial charge on any atom is -0.466 e. The van der Waals surface area contributed by atoms with Crippen molar-refractivity contribution in [1.82, 2.24) is 4.90 Å². The van der Waals surface area contributed by atoms with E-state index in [4.69, 9.17) is 4.74 Å². The summed E-state index contributed by atoms with van der Waals surface area (Å²) in [6.07, 6.45) is 37.6. The van der Waals surface area contributed by atoms with Gasteiger partial charge in [0.1, 0.15) is 0 Å². The van der Waals surface area contributed by atoms with Gasteiger partial charge in [-0.15, -0.1) is 0 Å². The first-order valence-corrected chi connectivity index (χ1v) is 17.4. The number of hydrogen-bond donors (Lipinski definition) is 0. The quantitative estimate of drug-likeness (QED) is 0.0676. The first-order valence-electron chi connectivity index (χ1n) is 17.4. The van der Waals surface area contributed by atoms with Crippen LogP contribution in [0.2, 0.25) is 0 Å². The highest BCUT2D eigenvalue weighted by molar-refractivity contribution is 5.69. The lowest BCUT2D eigenvalue weighted by Gasteiger charge is -2.08. The molecule has 0 aliphatic heterocycles. The molecule has 0 aromatic rings. The molecule has 0 amide bonds. The summed E-state index contributed by atoms with van der Waals surface area (Å²) in [5.74, 6) is 2.10. The molecular formula is C35H69NO2. The van der Waals surface area contributed by atoms with Gasteiger partial charge in [-0.3, -0.25) is 4.79 Å². The fourth-order valence-electron chi connectivity index (χ4n) is 6.12. The molecule has 3 nitrogen and oxygen atoms in total. The topological polar surface area (TPSA) is 29.5 Å². The maximum Gasteiger partial charge on any atom is 0.305 e. The van der Waals surface area contributed by atoms with Gasteiger partial charge in [-0.2, -0.15) is 0 Å². The van der Waals surface area contributed by atoms with E-state index in [1.54, 1.807) is 0 Å². The van der Waals surface area contributed by atoms with Crippen molar-refractivity contribution in [1.29, 1.82) is 0 Å². The van der Waals surface area contributed by atoms with E-state index in [9.17, 15) is 4.79 Å². The first-order chi connectivity index (χ1) is 18.6. The molecule has 1 fully saturated rings. The van der Waals surface area contributed by atoms with Gasteiger partial charge >= 0.3 is 5.97 Å². The van der Waals surface area contributed by atoms with Gasteiger partial charge < -0.3 is 9.64 Å². The molecule has 0 radical (unpaired) electrons. The SMILES string of the molecule is CCOC(=O)CCCCCCCC1CC1CCCCCCCCCCCCCCCCCCCCN(C)C. The molecule has 1 aliphatic rings.